The molecule has 2 aromatic carbocycles. The Hall–Kier alpha value is -3.02. The summed E-state index contributed by atoms with van der Waals surface area (Å²) in [7, 11) is 3.12. The molecular weight excluding hydrogens is 308 g/mol. The fourth-order valence-electron chi connectivity index (χ4n) is 2.03. The van der Waals surface area contributed by atoms with Gasteiger partial charge in [0, 0.05) is 5.56 Å². The third-order valence-electron chi connectivity index (χ3n) is 3.20. The fourth-order valence-corrected chi connectivity index (χ4v) is 2.03. The van der Waals surface area contributed by atoms with Gasteiger partial charge in [0.2, 0.25) is 0 Å². The number of carbonyl (C=O) groups excluding carboxylic acids is 1. The van der Waals surface area contributed by atoms with Gasteiger partial charge in [-0.3, -0.25) is 4.79 Å². The second-order valence-electron chi connectivity index (χ2n) is 4.77. The minimum atomic E-state index is -0.317. The van der Waals surface area contributed by atoms with Crippen molar-refractivity contribution < 1.29 is 19.0 Å². The quantitative estimate of drug-likeness (QED) is 0.627. The molecule has 0 aliphatic rings. The highest BCUT2D eigenvalue weighted by molar-refractivity contribution is 5.95. The van der Waals surface area contributed by atoms with Crippen molar-refractivity contribution in [2.24, 2.45) is 5.10 Å². The zero-order valence-electron chi connectivity index (χ0n) is 13.9. The molecule has 0 radical (unpaired) electrons. The van der Waals surface area contributed by atoms with Crippen molar-refractivity contribution in [2.45, 2.75) is 6.92 Å². The summed E-state index contributed by atoms with van der Waals surface area (Å²) < 4.78 is 15.8. The maximum Gasteiger partial charge on any atom is 0.271 e. The minimum absolute atomic E-state index is 0.317. The van der Waals surface area contributed by atoms with E-state index in [0.29, 0.717) is 29.4 Å². The predicted molar refractivity (Wildman–Crippen MR) is 92.2 cm³/mol. The smallest absolute Gasteiger partial charge is 0.271 e. The number of hydrogen-bond donors (Lipinski definition) is 1. The summed E-state index contributed by atoms with van der Waals surface area (Å²) in [5, 5.41) is 3.96. The molecule has 0 spiro atoms. The molecule has 0 bridgehead atoms. The van der Waals surface area contributed by atoms with E-state index in [0.717, 1.165) is 5.56 Å². The van der Waals surface area contributed by atoms with Crippen molar-refractivity contribution in [3.8, 4) is 17.2 Å². The van der Waals surface area contributed by atoms with Crippen molar-refractivity contribution in [1.29, 1.82) is 0 Å². The Labute approximate surface area is 141 Å². The molecule has 0 fully saturated rings. The van der Waals surface area contributed by atoms with E-state index in [9.17, 15) is 4.79 Å². The van der Waals surface area contributed by atoms with E-state index in [-0.39, 0.29) is 5.91 Å². The van der Waals surface area contributed by atoms with Crippen molar-refractivity contribution >= 4 is 12.1 Å². The normalized spacial score (nSPS) is 10.5. The second-order valence-corrected chi connectivity index (χ2v) is 4.77. The Bertz CT molecular complexity index is 729. The minimum Gasteiger partial charge on any atom is -0.497 e. The molecule has 0 saturated heterocycles. The SMILES string of the molecule is CCOc1ccc(/C=N\NC(=O)c2cccc(OC)c2)cc1OC. The summed E-state index contributed by atoms with van der Waals surface area (Å²) in [6.45, 7) is 2.46. The first kappa shape index (κ1) is 17.3. The predicted octanol–water partition coefficient (Wildman–Crippen LogP) is 2.87. The van der Waals surface area contributed by atoms with E-state index in [4.69, 9.17) is 14.2 Å². The molecule has 0 unspecified atom stereocenters. The van der Waals surface area contributed by atoms with Crippen LogP contribution in [0.15, 0.2) is 47.6 Å². The van der Waals surface area contributed by atoms with E-state index in [1.165, 1.54) is 6.21 Å². The lowest BCUT2D eigenvalue weighted by Gasteiger charge is -2.09. The molecule has 0 aliphatic heterocycles. The average Bonchev–Trinajstić information content (AvgIpc) is 2.63. The van der Waals surface area contributed by atoms with Gasteiger partial charge in [0.25, 0.3) is 5.91 Å². The molecule has 1 amide bonds. The Kier molecular flexibility index (Phi) is 6.19. The Morgan fingerprint density at radius 1 is 1.12 bits per heavy atom. The number of rotatable bonds is 7. The maximum absolute atomic E-state index is 12.0. The largest absolute Gasteiger partial charge is 0.497 e. The van der Waals surface area contributed by atoms with E-state index in [1.54, 1.807) is 50.6 Å². The standard InChI is InChI=1S/C18H20N2O4/c1-4-24-16-9-8-13(10-17(16)23-3)12-19-20-18(21)14-6-5-7-15(11-14)22-2/h5-12H,4H2,1-3H3,(H,20,21)/b19-12-. The molecule has 126 valence electrons. The molecule has 1 N–H and O–H groups in total. The molecule has 6 heteroatoms. The maximum atomic E-state index is 12.0. The number of ether oxygens (including phenoxy) is 3. The van der Waals surface area contributed by atoms with Crippen molar-refractivity contribution in [1.82, 2.24) is 5.43 Å². The third-order valence-corrected chi connectivity index (χ3v) is 3.20. The van der Waals surface area contributed by atoms with Crippen LogP contribution in [-0.4, -0.2) is 32.9 Å². The number of nitrogens with one attached hydrogen (secondary N) is 1. The first-order valence-electron chi connectivity index (χ1n) is 7.46. The number of methoxy groups -OCH3 is 2. The molecule has 0 heterocycles. The lowest BCUT2D eigenvalue weighted by atomic mass is 10.2. The van der Waals surface area contributed by atoms with E-state index >= 15 is 0 Å². The zero-order chi connectivity index (χ0) is 17.4. The van der Waals surface area contributed by atoms with E-state index in [2.05, 4.69) is 10.5 Å². The lowest BCUT2D eigenvalue weighted by Crippen LogP contribution is -2.17. The second kappa shape index (κ2) is 8.57. The molecule has 0 atom stereocenters. The van der Waals surface area contributed by atoms with Crippen molar-refractivity contribution in [3.63, 3.8) is 0 Å². The highest BCUT2D eigenvalue weighted by Gasteiger charge is 2.06. The molecule has 0 aromatic heterocycles. The summed E-state index contributed by atoms with van der Waals surface area (Å²) in [6, 6.07) is 12.3. The molecule has 2 aromatic rings. The van der Waals surface area contributed by atoms with E-state index < -0.39 is 0 Å². The Morgan fingerprint density at radius 3 is 2.67 bits per heavy atom. The van der Waals surface area contributed by atoms with Gasteiger partial charge in [0.15, 0.2) is 11.5 Å². The van der Waals surface area contributed by atoms with Crippen LogP contribution >= 0.6 is 0 Å². The number of nitrogens with zero attached hydrogens (tertiary/aromatic N) is 1. The van der Waals surface area contributed by atoms with Crippen LogP contribution in [0.3, 0.4) is 0 Å². The lowest BCUT2D eigenvalue weighted by molar-refractivity contribution is 0.0955. The van der Waals surface area contributed by atoms with Gasteiger partial charge in [-0.25, -0.2) is 5.43 Å². The summed E-state index contributed by atoms with van der Waals surface area (Å²) >= 11 is 0. The molecule has 0 aliphatic carbocycles. The highest BCUT2D eigenvalue weighted by Crippen LogP contribution is 2.27. The number of hydrogen-bond acceptors (Lipinski definition) is 5. The van der Waals surface area contributed by atoms with Crippen LogP contribution in [0.5, 0.6) is 17.2 Å². The van der Waals surface area contributed by atoms with Crippen LogP contribution in [-0.2, 0) is 0 Å². The molecule has 6 nitrogen and oxygen atoms in total. The number of hydrazone groups is 1. The Balaban J connectivity index is 2.04. The van der Waals surface area contributed by atoms with Crippen LogP contribution in [0, 0.1) is 0 Å². The average molecular weight is 328 g/mol. The first-order valence-corrected chi connectivity index (χ1v) is 7.46. The van der Waals surface area contributed by atoms with Gasteiger partial charge in [-0.05, 0) is 48.9 Å². The van der Waals surface area contributed by atoms with Crippen molar-refractivity contribution in [2.75, 3.05) is 20.8 Å². The molecular formula is C18H20N2O4. The zero-order valence-corrected chi connectivity index (χ0v) is 13.9. The van der Waals surface area contributed by atoms with Gasteiger partial charge >= 0.3 is 0 Å². The van der Waals surface area contributed by atoms with Gasteiger partial charge in [-0.15, -0.1) is 0 Å². The van der Waals surface area contributed by atoms with Crippen LogP contribution in [0.4, 0.5) is 0 Å². The van der Waals surface area contributed by atoms with Crippen LogP contribution < -0.4 is 19.6 Å². The molecule has 24 heavy (non-hydrogen) atoms. The van der Waals surface area contributed by atoms with Crippen molar-refractivity contribution in [3.05, 3.63) is 53.6 Å². The van der Waals surface area contributed by atoms with Crippen LogP contribution in [0.2, 0.25) is 0 Å². The summed E-state index contributed by atoms with van der Waals surface area (Å²) in [4.78, 5) is 12.0. The highest BCUT2D eigenvalue weighted by atomic mass is 16.5. The van der Waals surface area contributed by atoms with E-state index in [1.807, 2.05) is 13.0 Å². The monoisotopic (exact) mass is 328 g/mol. The number of amides is 1. The topological polar surface area (TPSA) is 69.2 Å². The summed E-state index contributed by atoms with van der Waals surface area (Å²) in [5.41, 5.74) is 3.73. The van der Waals surface area contributed by atoms with Crippen LogP contribution in [0.25, 0.3) is 0 Å². The summed E-state index contributed by atoms with van der Waals surface area (Å²) in [6.07, 6.45) is 1.54. The van der Waals surface area contributed by atoms with Gasteiger partial charge in [0.1, 0.15) is 5.75 Å². The number of benzene rings is 2. The molecule has 2 rings (SSSR count). The van der Waals surface area contributed by atoms with Crippen LogP contribution in [0.1, 0.15) is 22.8 Å². The first-order chi connectivity index (χ1) is 11.7. The van der Waals surface area contributed by atoms with Gasteiger partial charge in [0.05, 0.1) is 27.0 Å². The number of carbonyl (C=O) groups is 1. The van der Waals surface area contributed by atoms with Gasteiger partial charge in [-0.1, -0.05) is 6.07 Å². The summed E-state index contributed by atoms with van der Waals surface area (Å²) in [5.74, 6) is 1.57. The third kappa shape index (κ3) is 4.49. The molecule has 0 saturated carbocycles. The fraction of sp³-hybridized carbons (Fsp3) is 0.222. The van der Waals surface area contributed by atoms with Gasteiger partial charge < -0.3 is 14.2 Å². The Morgan fingerprint density at radius 2 is 1.96 bits per heavy atom. The van der Waals surface area contributed by atoms with Gasteiger partial charge in [-0.2, -0.15) is 5.10 Å².